The average Bonchev–Trinajstić information content (AvgIpc) is 2.73. The summed E-state index contributed by atoms with van der Waals surface area (Å²) in [6.07, 6.45) is 1.24. The summed E-state index contributed by atoms with van der Waals surface area (Å²) in [5.41, 5.74) is 1.28. The van der Waals surface area contributed by atoms with E-state index in [2.05, 4.69) is 4.98 Å². The van der Waals surface area contributed by atoms with Gasteiger partial charge >= 0.3 is 0 Å². The van der Waals surface area contributed by atoms with E-state index in [0.29, 0.717) is 27.8 Å². The van der Waals surface area contributed by atoms with Crippen molar-refractivity contribution in [3.63, 3.8) is 0 Å². The summed E-state index contributed by atoms with van der Waals surface area (Å²) in [7, 11) is -2.55. The highest BCUT2D eigenvalue weighted by molar-refractivity contribution is 7.91. The van der Waals surface area contributed by atoms with Gasteiger partial charge in [0.05, 0.1) is 22.4 Å². The first-order valence-electron chi connectivity index (χ1n) is 8.63. The Labute approximate surface area is 166 Å². The Bertz CT molecular complexity index is 1320. The normalized spacial score (nSPS) is 11.6. The van der Waals surface area contributed by atoms with E-state index in [1.165, 1.54) is 43.6 Å². The van der Waals surface area contributed by atoms with E-state index in [1.54, 1.807) is 24.3 Å². The van der Waals surface area contributed by atoms with Crippen LogP contribution in [0.15, 0.2) is 82.7 Å². The highest BCUT2D eigenvalue weighted by atomic mass is 32.2. The molecule has 0 fully saturated rings. The van der Waals surface area contributed by atoms with E-state index >= 15 is 0 Å². The zero-order valence-corrected chi connectivity index (χ0v) is 16.1. The Kier molecular flexibility index (Phi) is 4.76. The number of pyridine rings is 1. The summed E-state index contributed by atoms with van der Waals surface area (Å²) in [4.78, 5) is 4.02. The number of aromatic nitrogens is 1. The van der Waals surface area contributed by atoms with Crippen LogP contribution in [-0.2, 0) is 9.84 Å². The third-order valence-electron chi connectivity index (χ3n) is 4.57. The number of fused-ring (bicyclic) bond motifs is 1. The van der Waals surface area contributed by atoms with Crippen molar-refractivity contribution in [3.05, 3.63) is 84.6 Å². The second kappa shape index (κ2) is 7.25. The number of halogens is 2. The number of hydrogen-bond acceptors (Lipinski definition) is 4. The fourth-order valence-electron chi connectivity index (χ4n) is 3.17. The van der Waals surface area contributed by atoms with E-state index in [4.69, 9.17) is 4.74 Å². The molecule has 29 heavy (non-hydrogen) atoms. The molecule has 146 valence electrons. The minimum absolute atomic E-state index is 0.0828. The van der Waals surface area contributed by atoms with Gasteiger partial charge in [-0.3, -0.25) is 4.98 Å². The van der Waals surface area contributed by atoms with Gasteiger partial charge in [-0.1, -0.05) is 12.1 Å². The number of hydrogen-bond donors (Lipinski definition) is 0. The van der Waals surface area contributed by atoms with Crippen LogP contribution < -0.4 is 4.74 Å². The number of sulfone groups is 1. The molecular weight excluding hydrogens is 396 g/mol. The lowest BCUT2D eigenvalue weighted by atomic mass is 10.0. The van der Waals surface area contributed by atoms with Crippen molar-refractivity contribution >= 4 is 20.7 Å². The van der Waals surface area contributed by atoms with Gasteiger partial charge in [0.1, 0.15) is 17.4 Å². The molecule has 1 aromatic heterocycles. The maximum absolute atomic E-state index is 14.0. The topological polar surface area (TPSA) is 56.3 Å². The van der Waals surface area contributed by atoms with Crippen LogP contribution in [0, 0.1) is 11.6 Å². The monoisotopic (exact) mass is 411 g/mol. The first-order valence-corrected chi connectivity index (χ1v) is 10.1. The molecule has 4 aromatic rings. The molecule has 0 radical (unpaired) electrons. The molecule has 0 atom stereocenters. The van der Waals surface area contributed by atoms with Gasteiger partial charge in [0.25, 0.3) is 0 Å². The molecule has 0 aliphatic carbocycles. The van der Waals surface area contributed by atoms with E-state index in [-0.39, 0.29) is 9.79 Å². The van der Waals surface area contributed by atoms with Crippen LogP contribution in [0.1, 0.15) is 0 Å². The number of benzene rings is 3. The molecule has 0 aliphatic rings. The molecule has 0 bridgehead atoms. The number of nitrogens with zero attached hydrogens (tertiary/aromatic N) is 1. The van der Waals surface area contributed by atoms with Gasteiger partial charge in [0, 0.05) is 17.1 Å². The van der Waals surface area contributed by atoms with E-state index in [9.17, 15) is 17.2 Å². The first-order chi connectivity index (χ1) is 13.9. The van der Waals surface area contributed by atoms with Crippen LogP contribution >= 0.6 is 0 Å². The van der Waals surface area contributed by atoms with Crippen molar-refractivity contribution in [1.29, 1.82) is 0 Å². The Morgan fingerprint density at radius 3 is 2.34 bits per heavy atom. The van der Waals surface area contributed by atoms with Gasteiger partial charge in [0.2, 0.25) is 9.84 Å². The Hall–Kier alpha value is -3.32. The molecule has 4 nitrogen and oxygen atoms in total. The highest BCUT2D eigenvalue weighted by Crippen LogP contribution is 2.37. The minimum Gasteiger partial charge on any atom is -0.497 e. The summed E-state index contributed by atoms with van der Waals surface area (Å²) in [5.74, 6) is -0.538. The van der Waals surface area contributed by atoms with Crippen LogP contribution in [0.25, 0.3) is 22.0 Å². The summed E-state index contributed by atoms with van der Waals surface area (Å²) >= 11 is 0. The summed E-state index contributed by atoms with van der Waals surface area (Å²) in [6.45, 7) is 0. The molecule has 0 amide bonds. The van der Waals surface area contributed by atoms with Crippen LogP contribution in [0.2, 0.25) is 0 Å². The predicted octanol–water partition coefficient (Wildman–Crippen LogP) is 5.02. The van der Waals surface area contributed by atoms with Crippen molar-refractivity contribution in [2.45, 2.75) is 9.79 Å². The molecule has 0 saturated heterocycles. The second-order valence-corrected chi connectivity index (χ2v) is 8.27. The van der Waals surface area contributed by atoms with Crippen molar-refractivity contribution in [3.8, 4) is 16.9 Å². The molecule has 0 saturated carbocycles. The lowest BCUT2D eigenvalue weighted by Gasteiger charge is -2.14. The SMILES string of the molecule is COc1cccc(-c2c(S(=O)(=O)c3ccc(F)cc3)cnc3ccc(F)cc23)c1. The zero-order valence-electron chi connectivity index (χ0n) is 15.3. The molecule has 0 unspecified atom stereocenters. The average molecular weight is 411 g/mol. The van der Waals surface area contributed by atoms with Gasteiger partial charge in [0.15, 0.2) is 0 Å². The second-order valence-electron chi connectivity index (χ2n) is 6.35. The van der Waals surface area contributed by atoms with Crippen molar-refractivity contribution in [1.82, 2.24) is 4.98 Å². The van der Waals surface area contributed by atoms with E-state index < -0.39 is 21.5 Å². The highest BCUT2D eigenvalue weighted by Gasteiger charge is 2.25. The maximum Gasteiger partial charge on any atom is 0.208 e. The van der Waals surface area contributed by atoms with Crippen LogP contribution in [-0.4, -0.2) is 20.5 Å². The number of ether oxygens (including phenoxy) is 1. The predicted molar refractivity (Wildman–Crippen MR) is 106 cm³/mol. The van der Waals surface area contributed by atoms with Gasteiger partial charge in [-0.05, 0) is 60.2 Å². The Morgan fingerprint density at radius 1 is 0.897 bits per heavy atom. The van der Waals surface area contributed by atoms with E-state index in [1.807, 2.05) is 0 Å². The fraction of sp³-hybridized carbons (Fsp3) is 0.0455. The zero-order chi connectivity index (χ0) is 20.6. The molecule has 7 heteroatoms. The quantitative estimate of drug-likeness (QED) is 0.443. The largest absolute Gasteiger partial charge is 0.497 e. The maximum atomic E-state index is 14.0. The van der Waals surface area contributed by atoms with Crippen molar-refractivity contribution < 1.29 is 21.9 Å². The van der Waals surface area contributed by atoms with E-state index in [0.717, 1.165) is 12.1 Å². The van der Waals surface area contributed by atoms with Crippen LogP contribution in [0.4, 0.5) is 8.78 Å². The molecule has 0 spiro atoms. The van der Waals surface area contributed by atoms with Gasteiger partial charge < -0.3 is 4.74 Å². The fourth-order valence-corrected chi connectivity index (χ4v) is 4.60. The van der Waals surface area contributed by atoms with Gasteiger partial charge in [-0.15, -0.1) is 0 Å². The Morgan fingerprint density at radius 2 is 1.62 bits per heavy atom. The summed E-state index contributed by atoms with van der Waals surface area (Å²) in [5, 5.41) is 0.349. The van der Waals surface area contributed by atoms with Crippen LogP contribution in [0.5, 0.6) is 5.75 Å². The third kappa shape index (κ3) is 3.45. The molecule has 0 N–H and O–H groups in total. The van der Waals surface area contributed by atoms with Crippen LogP contribution in [0.3, 0.4) is 0 Å². The minimum atomic E-state index is -4.05. The molecular formula is C22H15F2NO3S. The molecule has 1 heterocycles. The molecule has 0 aliphatic heterocycles. The molecule has 4 rings (SSSR count). The van der Waals surface area contributed by atoms with Gasteiger partial charge in [-0.2, -0.15) is 0 Å². The number of methoxy groups -OCH3 is 1. The summed E-state index contributed by atoms with van der Waals surface area (Å²) in [6, 6.07) is 15.4. The number of rotatable bonds is 4. The van der Waals surface area contributed by atoms with Crippen molar-refractivity contribution in [2.24, 2.45) is 0 Å². The van der Waals surface area contributed by atoms with Crippen molar-refractivity contribution in [2.75, 3.05) is 7.11 Å². The Balaban J connectivity index is 2.07. The molecule has 3 aromatic carbocycles. The smallest absolute Gasteiger partial charge is 0.208 e. The third-order valence-corrected chi connectivity index (χ3v) is 6.35. The summed E-state index contributed by atoms with van der Waals surface area (Å²) < 4.78 is 59.2. The standard InChI is InChI=1S/C22H15F2NO3S/c1-28-17-4-2-3-14(11-17)22-19-12-16(24)7-10-20(19)25-13-21(22)29(26,27)18-8-5-15(23)6-9-18/h2-13H,1H3. The lowest BCUT2D eigenvalue weighted by Crippen LogP contribution is -2.06. The lowest BCUT2D eigenvalue weighted by molar-refractivity contribution is 0.415. The van der Waals surface area contributed by atoms with Gasteiger partial charge in [-0.25, -0.2) is 17.2 Å². The first kappa shape index (κ1) is 19.0.